The number of nitrogens with one attached hydrogen (secondary N) is 1. The molecule has 1 amide bonds. The predicted octanol–water partition coefficient (Wildman–Crippen LogP) is 1.27. The molecule has 2 aliphatic rings. The van der Waals surface area contributed by atoms with Crippen LogP contribution in [0.25, 0.3) is 0 Å². The summed E-state index contributed by atoms with van der Waals surface area (Å²) < 4.78 is 0. The highest BCUT2D eigenvalue weighted by atomic mass is 16.2. The summed E-state index contributed by atoms with van der Waals surface area (Å²) >= 11 is 0. The molecule has 1 saturated heterocycles. The lowest BCUT2D eigenvalue weighted by molar-refractivity contribution is -0.131. The van der Waals surface area contributed by atoms with Gasteiger partial charge in [0.2, 0.25) is 5.91 Å². The number of unbranched alkanes of at least 4 members (excludes halogenated alkanes) is 1. The van der Waals surface area contributed by atoms with Gasteiger partial charge in [0.05, 0.1) is 11.7 Å². The largest absolute Gasteiger partial charge is 0.325 e. The van der Waals surface area contributed by atoms with Gasteiger partial charge in [0.1, 0.15) is 0 Å². The van der Waals surface area contributed by atoms with E-state index >= 15 is 0 Å². The Bertz CT molecular complexity index is 310. The summed E-state index contributed by atoms with van der Waals surface area (Å²) in [5.41, 5.74) is -0.156. The first-order valence-corrected chi connectivity index (χ1v) is 7.20. The second kappa shape index (κ2) is 5.17. The standard InChI is InChI=1S/C14H27N3O/c1-11(2)12-15-14(7-8-14)13(18)17(12)10-6-5-9-16(3)4/h11-12,15H,5-10H2,1-4H3. The van der Waals surface area contributed by atoms with E-state index in [1.165, 1.54) is 0 Å². The third-order valence-electron chi connectivity index (χ3n) is 4.07. The molecule has 0 aromatic rings. The molecule has 0 radical (unpaired) electrons. The van der Waals surface area contributed by atoms with Gasteiger partial charge < -0.3 is 9.80 Å². The number of carbonyl (C=O) groups excluding carboxylic acids is 1. The van der Waals surface area contributed by atoms with Gasteiger partial charge in [0.15, 0.2) is 0 Å². The van der Waals surface area contributed by atoms with Crippen LogP contribution >= 0.6 is 0 Å². The molecule has 104 valence electrons. The molecular formula is C14H27N3O. The predicted molar refractivity (Wildman–Crippen MR) is 73.2 cm³/mol. The van der Waals surface area contributed by atoms with Crippen molar-refractivity contribution in [1.29, 1.82) is 0 Å². The Morgan fingerprint density at radius 1 is 1.39 bits per heavy atom. The molecule has 1 heterocycles. The van der Waals surface area contributed by atoms with Crippen molar-refractivity contribution in [3.8, 4) is 0 Å². The second-order valence-corrected chi connectivity index (χ2v) is 6.42. The van der Waals surface area contributed by atoms with Crippen molar-refractivity contribution in [3.05, 3.63) is 0 Å². The molecule has 4 heteroatoms. The first kappa shape index (κ1) is 13.8. The number of carbonyl (C=O) groups is 1. The highest BCUT2D eigenvalue weighted by Gasteiger charge is 2.59. The van der Waals surface area contributed by atoms with Gasteiger partial charge in [-0.05, 0) is 52.2 Å². The van der Waals surface area contributed by atoms with E-state index in [0.717, 1.165) is 38.8 Å². The van der Waals surface area contributed by atoms with Crippen molar-refractivity contribution in [2.75, 3.05) is 27.2 Å². The maximum atomic E-state index is 12.4. The monoisotopic (exact) mass is 253 g/mol. The lowest BCUT2D eigenvalue weighted by Gasteiger charge is -2.27. The summed E-state index contributed by atoms with van der Waals surface area (Å²) in [7, 11) is 4.19. The Morgan fingerprint density at radius 3 is 2.56 bits per heavy atom. The van der Waals surface area contributed by atoms with E-state index in [0.29, 0.717) is 11.8 Å². The molecule has 1 aliphatic carbocycles. The Kier molecular flexibility index (Phi) is 3.97. The molecule has 0 aromatic carbocycles. The van der Waals surface area contributed by atoms with Crippen molar-refractivity contribution in [3.63, 3.8) is 0 Å². The smallest absolute Gasteiger partial charge is 0.244 e. The molecule has 1 N–H and O–H groups in total. The van der Waals surface area contributed by atoms with Crippen LogP contribution < -0.4 is 5.32 Å². The van der Waals surface area contributed by atoms with Crippen molar-refractivity contribution in [1.82, 2.24) is 15.1 Å². The van der Waals surface area contributed by atoms with Crippen LogP contribution in [0.1, 0.15) is 39.5 Å². The van der Waals surface area contributed by atoms with Gasteiger partial charge in [-0.1, -0.05) is 13.8 Å². The second-order valence-electron chi connectivity index (χ2n) is 6.42. The number of amides is 1. The normalized spacial score (nSPS) is 25.8. The van der Waals surface area contributed by atoms with Crippen LogP contribution in [-0.2, 0) is 4.79 Å². The van der Waals surface area contributed by atoms with E-state index in [1.54, 1.807) is 0 Å². The van der Waals surface area contributed by atoms with Crippen LogP contribution in [0.15, 0.2) is 0 Å². The van der Waals surface area contributed by atoms with E-state index < -0.39 is 0 Å². The van der Waals surface area contributed by atoms with E-state index in [2.05, 4.69) is 43.1 Å². The van der Waals surface area contributed by atoms with Gasteiger partial charge in [0, 0.05) is 6.54 Å². The number of hydrogen-bond acceptors (Lipinski definition) is 3. The number of nitrogens with zero attached hydrogens (tertiary/aromatic N) is 2. The minimum absolute atomic E-state index is 0.156. The van der Waals surface area contributed by atoms with Crippen LogP contribution in [0.3, 0.4) is 0 Å². The van der Waals surface area contributed by atoms with Crippen LogP contribution in [0, 0.1) is 5.92 Å². The SMILES string of the molecule is CC(C)C1NC2(CC2)C(=O)N1CCCCN(C)C. The lowest BCUT2D eigenvalue weighted by atomic mass is 10.1. The molecule has 0 bridgehead atoms. The van der Waals surface area contributed by atoms with Crippen LogP contribution in [0.5, 0.6) is 0 Å². The van der Waals surface area contributed by atoms with Crippen LogP contribution in [0.4, 0.5) is 0 Å². The fourth-order valence-corrected chi connectivity index (χ4v) is 2.78. The fraction of sp³-hybridized carbons (Fsp3) is 0.929. The summed E-state index contributed by atoms with van der Waals surface area (Å²) in [6, 6.07) is 0. The van der Waals surface area contributed by atoms with E-state index in [9.17, 15) is 4.79 Å². The molecule has 2 rings (SSSR count). The number of rotatable bonds is 6. The highest BCUT2D eigenvalue weighted by Crippen LogP contribution is 2.43. The first-order chi connectivity index (χ1) is 8.46. The van der Waals surface area contributed by atoms with Gasteiger partial charge in [0.25, 0.3) is 0 Å². The van der Waals surface area contributed by atoms with E-state index in [-0.39, 0.29) is 11.7 Å². The van der Waals surface area contributed by atoms with Crippen LogP contribution in [-0.4, -0.2) is 54.6 Å². The minimum Gasteiger partial charge on any atom is -0.325 e. The molecular weight excluding hydrogens is 226 g/mol. The summed E-state index contributed by atoms with van der Waals surface area (Å²) in [6.45, 7) is 6.40. The minimum atomic E-state index is -0.156. The Hall–Kier alpha value is -0.610. The Balaban J connectivity index is 1.86. The summed E-state index contributed by atoms with van der Waals surface area (Å²) in [6.07, 6.45) is 4.57. The van der Waals surface area contributed by atoms with Gasteiger partial charge in [-0.15, -0.1) is 0 Å². The van der Waals surface area contributed by atoms with Crippen molar-refractivity contribution in [2.45, 2.75) is 51.2 Å². The first-order valence-electron chi connectivity index (χ1n) is 7.20. The van der Waals surface area contributed by atoms with Gasteiger partial charge in [-0.3, -0.25) is 10.1 Å². The molecule has 2 fully saturated rings. The van der Waals surface area contributed by atoms with Gasteiger partial charge >= 0.3 is 0 Å². The zero-order valence-corrected chi connectivity index (χ0v) is 12.2. The summed E-state index contributed by atoms with van der Waals surface area (Å²) in [5, 5.41) is 3.56. The quantitative estimate of drug-likeness (QED) is 0.724. The lowest BCUT2D eigenvalue weighted by Crippen LogP contribution is -2.42. The van der Waals surface area contributed by atoms with E-state index in [4.69, 9.17) is 0 Å². The maximum absolute atomic E-state index is 12.4. The van der Waals surface area contributed by atoms with Crippen molar-refractivity contribution in [2.24, 2.45) is 5.92 Å². The average Bonchev–Trinajstić information content (AvgIpc) is 3.00. The summed E-state index contributed by atoms with van der Waals surface area (Å²) in [5.74, 6) is 0.842. The third kappa shape index (κ3) is 2.69. The van der Waals surface area contributed by atoms with Crippen LogP contribution in [0.2, 0.25) is 0 Å². The zero-order chi connectivity index (χ0) is 13.3. The zero-order valence-electron chi connectivity index (χ0n) is 12.2. The Morgan fingerprint density at radius 2 is 2.06 bits per heavy atom. The summed E-state index contributed by atoms with van der Waals surface area (Å²) in [4.78, 5) is 16.7. The molecule has 1 aliphatic heterocycles. The fourth-order valence-electron chi connectivity index (χ4n) is 2.78. The topological polar surface area (TPSA) is 35.6 Å². The van der Waals surface area contributed by atoms with Gasteiger partial charge in [-0.2, -0.15) is 0 Å². The maximum Gasteiger partial charge on any atom is 0.244 e. The molecule has 1 spiro atoms. The molecule has 18 heavy (non-hydrogen) atoms. The molecule has 1 saturated carbocycles. The Labute approximate surface area is 111 Å². The molecule has 0 aromatic heterocycles. The van der Waals surface area contributed by atoms with Gasteiger partial charge in [-0.25, -0.2) is 0 Å². The molecule has 1 unspecified atom stereocenters. The molecule has 4 nitrogen and oxygen atoms in total. The van der Waals surface area contributed by atoms with E-state index in [1.807, 2.05) is 0 Å². The number of hydrogen-bond donors (Lipinski definition) is 1. The van der Waals surface area contributed by atoms with Crippen molar-refractivity contribution >= 4 is 5.91 Å². The van der Waals surface area contributed by atoms with Crippen molar-refractivity contribution < 1.29 is 4.79 Å². The average molecular weight is 253 g/mol. The third-order valence-corrected chi connectivity index (χ3v) is 4.07. The highest BCUT2D eigenvalue weighted by molar-refractivity contribution is 5.91. The molecule has 1 atom stereocenters.